The third kappa shape index (κ3) is 4.37. The van der Waals surface area contributed by atoms with Gasteiger partial charge in [-0.15, -0.1) is 0 Å². The van der Waals surface area contributed by atoms with Crippen LogP contribution in [0.1, 0.15) is 27.2 Å². The summed E-state index contributed by atoms with van der Waals surface area (Å²) in [5.74, 6) is -1.62. The predicted molar refractivity (Wildman–Crippen MR) is 85.6 cm³/mol. The Balaban J connectivity index is 1.92. The summed E-state index contributed by atoms with van der Waals surface area (Å²) in [7, 11) is -3.69. The minimum absolute atomic E-state index is 0.00392. The molecule has 0 radical (unpaired) electrons. The lowest BCUT2D eigenvalue weighted by atomic mass is 10.1. The van der Waals surface area contributed by atoms with Gasteiger partial charge in [0, 0.05) is 39.3 Å². The number of carbonyl (C=O) groups excluding carboxylic acids is 1. The number of ether oxygens (including phenoxy) is 1. The van der Waals surface area contributed by atoms with Crippen LogP contribution < -0.4 is 0 Å². The summed E-state index contributed by atoms with van der Waals surface area (Å²) in [6.45, 7) is 6.41. The Bertz CT molecular complexity index is 592. The normalized spacial score (nSPS) is 24.1. The molecule has 0 aromatic heterocycles. The molecule has 0 spiro atoms. The van der Waals surface area contributed by atoms with Gasteiger partial charge in [-0.3, -0.25) is 4.79 Å². The summed E-state index contributed by atoms with van der Waals surface area (Å²) in [4.78, 5) is 24.5. The van der Waals surface area contributed by atoms with Crippen molar-refractivity contribution in [3.63, 3.8) is 0 Å². The number of carbonyl (C=O) groups is 2. The number of piperazine rings is 1. The highest BCUT2D eigenvalue weighted by molar-refractivity contribution is 7.86. The Labute approximate surface area is 142 Å². The van der Waals surface area contributed by atoms with Crippen LogP contribution in [0, 0.1) is 5.92 Å². The highest BCUT2D eigenvalue weighted by Gasteiger charge is 2.39. The van der Waals surface area contributed by atoms with Gasteiger partial charge in [-0.05, 0) is 27.2 Å². The Kier molecular flexibility index (Phi) is 5.41. The van der Waals surface area contributed by atoms with Gasteiger partial charge in [-0.2, -0.15) is 17.0 Å². The minimum Gasteiger partial charge on any atom is -0.481 e. The lowest BCUT2D eigenvalue weighted by Crippen LogP contribution is -2.54. The van der Waals surface area contributed by atoms with Crippen LogP contribution in [0.3, 0.4) is 0 Å². The van der Waals surface area contributed by atoms with Crippen LogP contribution in [0.5, 0.6) is 0 Å². The number of hydrogen-bond acceptors (Lipinski definition) is 5. The van der Waals surface area contributed by atoms with Crippen molar-refractivity contribution in [1.82, 2.24) is 13.5 Å². The molecule has 0 aromatic carbocycles. The Morgan fingerprint density at radius 3 is 2.08 bits per heavy atom. The molecule has 1 atom stereocenters. The summed E-state index contributed by atoms with van der Waals surface area (Å²) < 4.78 is 33.0. The first-order valence-electron chi connectivity index (χ1n) is 7.96. The van der Waals surface area contributed by atoms with Gasteiger partial charge in [-0.25, -0.2) is 4.79 Å². The SMILES string of the molecule is CC(C)(C)OC(=O)N1CCN(S(=O)(=O)N2CCC(C(=O)O)C2)CC1. The number of carboxylic acids is 1. The molecular weight excluding hydrogens is 338 g/mol. The molecule has 0 aliphatic carbocycles. The average molecular weight is 363 g/mol. The number of hydrogen-bond donors (Lipinski definition) is 1. The van der Waals surface area contributed by atoms with Crippen molar-refractivity contribution >= 4 is 22.3 Å². The van der Waals surface area contributed by atoms with E-state index in [1.165, 1.54) is 13.5 Å². The maximum absolute atomic E-state index is 12.6. The molecule has 9 nitrogen and oxygen atoms in total. The number of carboxylic acid groups (broad SMARTS) is 1. The van der Waals surface area contributed by atoms with Crippen LogP contribution in [-0.2, 0) is 19.7 Å². The zero-order valence-corrected chi connectivity index (χ0v) is 15.1. The third-order valence-corrected chi connectivity index (χ3v) is 6.05. The van der Waals surface area contributed by atoms with Gasteiger partial charge in [0.05, 0.1) is 5.92 Å². The molecule has 2 aliphatic rings. The molecule has 0 bridgehead atoms. The van der Waals surface area contributed by atoms with Gasteiger partial charge in [-0.1, -0.05) is 0 Å². The predicted octanol–water partition coefficient (Wildman–Crippen LogP) is 0.190. The lowest BCUT2D eigenvalue weighted by Gasteiger charge is -2.36. The quantitative estimate of drug-likeness (QED) is 0.767. The van der Waals surface area contributed by atoms with Crippen LogP contribution in [-0.4, -0.2) is 84.0 Å². The maximum Gasteiger partial charge on any atom is 0.410 e. The number of rotatable bonds is 3. The van der Waals surface area contributed by atoms with Crippen molar-refractivity contribution in [2.24, 2.45) is 5.92 Å². The molecule has 2 fully saturated rings. The molecule has 2 heterocycles. The van der Waals surface area contributed by atoms with Crippen molar-refractivity contribution in [2.75, 3.05) is 39.3 Å². The van der Waals surface area contributed by atoms with Crippen LogP contribution in [0.2, 0.25) is 0 Å². The van der Waals surface area contributed by atoms with Gasteiger partial charge in [0.15, 0.2) is 0 Å². The smallest absolute Gasteiger partial charge is 0.410 e. The molecule has 24 heavy (non-hydrogen) atoms. The van der Waals surface area contributed by atoms with Crippen LogP contribution in [0.4, 0.5) is 4.79 Å². The number of nitrogens with zero attached hydrogens (tertiary/aromatic N) is 3. The fourth-order valence-electron chi connectivity index (χ4n) is 2.73. The molecule has 1 unspecified atom stereocenters. The zero-order valence-electron chi connectivity index (χ0n) is 14.3. The first kappa shape index (κ1) is 18.9. The van der Waals surface area contributed by atoms with Gasteiger partial charge in [0.25, 0.3) is 10.2 Å². The minimum atomic E-state index is -3.69. The van der Waals surface area contributed by atoms with Gasteiger partial charge in [0.1, 0.15) is 5.60 Å². The molecule has 2 saturated heterocycles. The first-order chi connectivity index (χ1) is 11.0. The third-order valence-electron chi connectivity index (χ3n) is 4.04. The van der Waals surface area contributed by atoms with E-state index in [4.69, 9.17) is 9.84 Å². The van der Waals surface area contributed by atoms with E-state index >= 15 is 0 Å². The largest absolute Gasteiger partial charge is 0.481 e. The monoisotopic (exact) mass is 363 g/mol. The molecule has 10 heteroatoms. The summed E-state index contributed by atoms with van der Waals surface area (Å²) >= 11 is 0. The molecule has 138 valence electrons. The van der Waals surface area contributed by atoms with E-state index in [1.54, 1.807) is 20.8 Å². The van der Waals surface area contributed by atoms with E-state index in [-0.39, 0.29) is 39.3 Å². The van der Waals surface area contributed by atoms with E-state index in [9.17, 15) is 18.0 Å². The average Bonchev–Trinajstić information content (AvgIpc) is 2.96. The topological polar surface area (TPSA) is 107 Å². The van der Waals surface area contributed by atoms with Crippen LogP contribution >= 0.6 is 0 Å². The van der Waals surface area contributed by atoms with E-state index in [1.807, 2.05) is 0 Å². The second kappa shape index (κ2) is 6.85. The zero-order chi connectivity index (χ0) is 18.1. The molecule has 1 amide bonds. The van der Waals surface area contributed by atoms with Crippen molar-refractivity contribution in [3.8, 4) is 0 Å². The fourth-order valence-corrected chi connectivity index (χ4v) is 4.39. The van der Waals surface area contributed by atoms with Crippen LogP contribution in [0.15, 0.2) is 0 Å². The molecule has 1 N–H and O–H groups in total. The van der Waals surface area contributed by atoms with Crippen LogP contribution in [0.25, 0.3) is 0 Å². The van der Waals surface area contributed by atoms with Crippen molar-refractivity contribution in [1.29, 1.82) is 0 Å². The highest BCUT2D eigenvalue weighted by atomic mass is 32.2. The van der Waals surface area contributed by atoms with Crippen molar-refractivity contribution in [2.45, 2.75) is 32.8 Å². The number of aliphatic carboxylic acids is 1. The maximum atomic E-state index is 12.6. The molecule has 2 rings (SSSR count). The fraction of sp³-hybridized carbons (Fsp3) is 0.857. The second-order valence-electron chi connectivity index (χ2n) is 7.06. The van der Waals surface area contributed by atoms with E-state index < -0.39 is 33.8 Å². The summed E-state index contributed by atoms with van der Waals surface area (Å²) in [6, 6.07) is 0. The summed E-state index contributed by atoms with van der Waals surface area (Å²) in [6.07, 6.45) is -0.126. The van der Waals surface area contributed by atoms with E-state index in [2.05, 4.69) is 0 Å². The van der Waals surface area contributed by atoms with Gasteiger partial charge < -0.3 is 14.7 Å². The highest BCUT2D eigenvalue weighted by Crippen LogP contribution is 2.23. The summed E-state index contributed by atoms with van der Waals surface area (Å²) in [5, 5.41) is 9.00. The standard InChI is InChI=1S/C14H25N3O6S/c1-14(2,3)23-13(20)15-6-8-16(9-7-15)24(21,22)17-5-4-11(10-17)12(18)19/h11H,4-10H2,1-3H3,(H,18,19). The van der Waals surface area contributed by atoms with Gasteiger partial charge in [0.2, 0.25) is 0 Å². The number of amides is 1. The van der Waals surface area contributed by atoms with Gasteiger partial charge >= 0.3 is 12.1 Å². The van der Waals surface area contributed by atoms with E-state index in [0.29, 0.717) is 6.42 Å². The van der Waals surface area contributed by atoms with Crippen molar-refractivity contribution in [3.05, 3.63) is 0 Å². The Hall–Kier alpha value is -1.39. The second-order valence-corrected chi connectivity index (χ2v) is 8.98. The van der Waals surface area contributed by atoms with E-state index in [0.717, 1.165) is 0 Å². The lowest BCUT2D eigenvalue weighted by molar-refractivity contribution is -0.141. The summed E-state index contributed by atoms with van der Waals surface area (Å²) in [5.41, 5.74) is -0.596. The molecular formula is C14H25N3O6S. The molecule has 2 aliphatic heterocycles. The first-order valence-corrected chi connectivity index (χ1v) is 9.36. The van der Waals surface area contributed by atoms with Crippen molar-refractivity contribution < 1.29 is 27.9 Å². The Morgan fingerprint density at radius 1 is 1.04 bits per heavy atom. The molecule has 0 aromatic rings. The molecule has 0 saturated carbocycles. The Morgan fingerprint density at radius 2 is 1.62 bits per heavy atom.